The standard InChI is InChI=1S/C39H41N8O15P3S/c1-45(2)23-8-11-26-30(15-23)59-31-16-24(46(3)4)9-12-27(31)35(26)28-14-22(7-10-25(28)38(49)50)44-39(66)41-13-5-6-21-18-47(37-34(21)36(40)42-20-43-37)33-17-29(48)32(60-33)19-58-64(54,55)62-65(56,57)61-63(51,52)53/h7-12,14-16,18,20,29,32-33,48H,13,17,19H2,1-4H3,(H8-,40,41,42,43,44,49,50,51,52,53,54,55,56,57,66)/t29-,32+,33+/m0/s1. The van der Waals surface area contributed by atoms with Gasteiger partial charge in [-0.3, -0.25) is 4.52 Å². The van der Waals surface area contributed by atoms with Gasteiger partial charge in [0.1, 0.15) is 55.6 Å². The number of phosphoric ester groups is 1. The van der Waals surface area contributed by atoms with Crippen molar-refractivity contribution in [3.63, 3.8) is 0 Å². The van der Waals surface area contributed by atoms with E-state index in [1.165, 1.54) is 23.2 Å². The van der Waals surface area contributed by atoms with Gasteiger partial charge in [-0.15, -0.1) is 0 Å². The number of phosphoric acid groups is 3. The van der Waals surface area contributed by atoms with Crippen molar-refractivity contribution < 1.29 is 70.6 Å². The molecule has 2 aromatic heterocycles. The van der Waals surface area contributed by atoms with Crippen LogP contribution >= 0.6 is 35.7 Å². The van der Waals surface area contributed by atoms with Crippen LogP contribution in [0.5, 0.6) is 0 Å². The van der Waals surface area contributed by atoms with E-state index in [4.69, 9.17) is 36.9 Å². The van der Waals surface area contributed by atoms with E-state index < -0.39 is 54.5 Å². The predicted molar refractivity (Wildman–Crippen MR) is 241 cm³/mol. The molecule has 5 atom stereocenters. The van der Waals surface area contributed by atoms with Crippen LogP contribution in [0.1, 0.15) is 28.6 Å². The normalized spacial score (nSPS) is 18.0. The number of thiocarbonyl (C=S) groups is 1. The number of aromatic carboxylic acids is 1. The monoisotopic (exact) mass is 986 g/mol. The number of aromatic nitrogens is 3. The fourth-order valence-electron chi connectivity index (χ4n) is 7.09. The Bertz CT molecular complexity index is 3160. The van der Waals surface area contributed by atoms with Gasteiger partial charge >= 0.3 is 23.5 Å². The number of carbonyl (C=O) groups is 1. The van der Waals surface area contributed by atoms with Crippen LogP contribution in [0.3, 0.4) is 0 Å². The molecule has 0 radical (unpaired) electrons. The minimum Gasteiger partial charge on any atom is -0.545 e. The summed E-state index contributed by atoms with van der Waals surface area (Å²) in [6, 6.07) is 16.0. The summed E-state index contributed by atoms with van der Waals surface area (Å²) < 4.78 is 62.6. The zero-order valence-electron chi connectivity index (χ0n) is 35.1. The zero-order valence-corrected chi connectivity index (χ0v) is 38.6. The smallest absolute Gasteiger partial charge is 0.490 e. The van der Waals surface area contributed by atoms with E-state index in [-0.39, 0.29) is 35.1 Å². The van der Waals surface area contributed by atoms with Crippen molar-refractivity contribution in [1.82, 2.24) is 24.4 Å². The van der Waals surface area contributed by atoms with Gasteiger partial charge in [0.2, 0.25) is 5.36 Å². The fraction of sp³-hybridized carbons (Fsp3) is 0.256. The second kappa shape index (κ2) is 18.9. The molecule has 2 unspecified atom stereocenters. The molecule has 66 heavy (non-hydrogen) atoms. The number of nitrogens with two attached hydrogens (primary N) is 1. The molecule has 1 aliphatic carbocycles. The van der Waals surface area contributed by atoms with E-state index in [0.29, 0.717) is 50.1 Å². The first-order valence-corrected chi connectivity index (χ1v) is 24.2. The summed E-state index contributed by atoms with van der Waals surface area (Å²) in [7, 11) is -9.22. The molecule has 2 aliphatic heterocycles. The number of aliphatic hydroxyl groups excluding tert-OH is 1. The number of hydrogen-bond donors (Lipinski definition) is 8. The van der Waals surface area contributed by atoms with Crippen LogP contribution in [0.4, 0.5) is 17.2 Å². The molecule has 27 heteroatoms. The van der Waals surface area contributed by atoms with Crippen molar-refractivity contribution in [1.29, 1.82) is 0 Å². The molecule has 0 bridgehead atoms. The number of carboxylic acids is 1. The predicted octanol–water partition coefficient (Wildman–Crippen LogP) is 2.32. The molecule has 3 aliphatic rings. The van der Waals surface area contributed by atoms with Crippen molar-refractivity contribution >= 4 is 86.0 Å². The van der Waals surface area contributed by atoms with E-state index in [0.717, 1.165) is 11.0 Å². The third-order valence-electron chi connectivity index (χ3n) is 10.0. The Balaban J connectivity index is 1.08. The number of carboxylic acid groups (broad SMARTS) is 1. The van der Waals surface area contributed by atoms with Crippen molar-refractivity contribution in [3.8, 4) is 34.3 Å². The summed E-state index contributed by atoms with van der Waals surface area (Å²) in [6.45, 7) is -0.868. The number of carbonyl (C=O) groups excluding carboxylic acids is 1. The number of nitrogens with zero attached hydrogens (tertiary/aromatic N) is 5. The summed E-state index contributed by atoms with van der Waals surface area (Å²) >= 11 is 5.59. The van der Waals surface area contributed by atoms with Gasteiger partial charge in [0.25, 0.3) is 0 Å². The van der Waals surface area contributed by atoms with E-state index in [1.807, 2.05) is 74.1 Å². The maximum absolute atomic E-state index is 12.6. The molecule has 1 saturated heterocycles. The average Bonchev–Trinajstić information content (AvgIpc) is 3.78. The number of fused-ring (bicyclic) bond motifs is 3. The Morgan fingerprint density at radius 1 is 1.05 bits per heavy atom. The minimum atomic E-state index is -5.76. The molecule has 1 fully saturated rings. The van der Waals surface area contributed by atoms with Crippen molar-refractivity contribution in [2.75, 3.05) is 57.3 Å². The fourth-order valence-corrected chi connectivity index (χ4v) is 10.3. The molecule has 4 aromatic rings. The average molecular weight is 987 g/mol. The summed E-state index contributed by atoms with van der Waals surface area (Å²) in [6.07, 6.45) is -0.995. The van der Waals surface area contributed by atoms with Gasteiger partial charge in [-0.25, -0.2) is 28.2 Å². The highest BCUT2D eigenvalue weighted by Crippen LogP contribution is 2.66. The molecule has 4 heterocycles. The molecule has 0 amide bonds. The lowest BCUT2D eigenvalue weighted by Crippen LogP contribution is -2.29. The highest BCUT2D eigenvalue weighted by Gasteiger charge is 2.43. The molecule has 348 valence electrons. The Labute approximate surface area is 379 Å². The van der Waals surface area contributed by atoms with Gasteiger partial charge in [0, 0.05) is 72.3 Å². The largest absolute Gasteiger partial charge is 0.545 e. The van der Waals surface area contributed by atoms with Crippen molar-refractivity contribution in [2.45, 2.75) is 24.9 Å². The molecule has 23 nitrogen and oxygen atoms in total. The number of anilines is 3. The summed E-state index contributed by atoms with van der Waals surface area (Å²) in [5.41, 5.74) is 10.3. The quantitative estimate of drug-likeness (QED) is 0.0271. The third kappa shape index (κ3) is 11.0. The molecule has 2 aromatic carbocycles. The number of aliphatic hydroxyl groups is 1. The van der Waals surface area contributed by atoms with E-state index in [1.54, 1.807) is 12.1 Å². The second-order valence-electron chi connectivity index (χ2n) is 15.0. The van der Waals surface area contributed by atoms with Gasteiger partial charge in [-0.2, -0.15) is 8.62 Å². The van der Waals surface area contributed by atoms with Crippen LogP contribution in [-0.4, -0.2) is 104 Å². The first-order valence-electron chi connectivity index (χ1n) is 19.3. The van der Waals surface area contributed by atoms with Gasteiger partial charge in [-0.1, -0.05) is 17.9 Å². The lowest BCUT2D eigenvalue weighted by Gasteiger charge is -2.21. The van der Waals surface area contributed by atoms with Crippen LogP contribution in [0, 0.1) is 11.8 Å². The van der Waals surface area contributed by atoms with Crippen LogP contribution in [0.2, 0.25) is 0 Å². The van der Waals surface area contributed by atoms with Gasteiger partial charge in [-0.05, 0) is 48.1 Å². The van der Waals surface area contributed by atoms with E-state index in [2.05, 4.69) is 45.6 Å². The van der Waals surface area contributed by atoms with Crippen LogP contribution in [0.25, 0.3) is 44.5 Å². The first-order chi connectivity index (χ1) is 31.0. The lowest BCUT2D eigenvalue weighted by atomic mass is 9.90. The Hall–Kier alpha value is -5.60. The molecule has 9 N–H and O–H groups in total. The highest BCUT2D eigenvalue weighted by atomic mass is 32.1. The van der Waals surface area contributed by atoms with Crippen molar-refractivity contribution in [3.05, 3.63) is 83.6 Å². The number of nitrogen functional groups attached to an aromatic ring is 1. The van der Waals surface area contributed by atoms with Gasteiger partial charge in [0.05, 0.1) is 42.2 Å². The maximum atomic E-state index is 12.6. The van der Waals surface area contributed by atoms with Crippen LogP contribution in [-0.2, 0) is 31.6 Å². The highest BCUT2D eigenvalue weighted by molar-refractivity contribution is 7.80. The summed E-state index contributed by atoms with van der Waals surface area (Å²) in [5, 5.41) is 31.4. The number of hydrogen-bond acceptors (Lipinski definition) is 16. The van der Waals surface area contributed by atoms with Crippen LogP contribution in [0.15, 0.2) is 71.5 Å². The van der Waals surface area contributed by atoms with Crippen molar-refractivity contribution in [2.24, 2.45) is 0 Å². The first kappa shape index (κ1) is 48.3. The number of nitrogens with one attached hydrogen (secondary N) is 2. The Morgan fingerprint density at radius 3 is 2.50 bits per heavy atom. The van der Waals surface area contributed by atoms with E-state index >= 15 is 0 Å². The topological polar surface area (TPSA) is 330 Å². The minimum absolute atomic E-state index is 0.00921. The summed E-state index contributed by atoms with van der Waals surface area (Å²) in [4.78, 5) is 59.6. The SMILES string of the molecule is CN(C)c1ccc2c(-c3cc(NC(=S)NCC#Cc4cn([C@H]5C[C@H](O)[C@@H](COP(=O)(O)OP(=O)(O)OP(=O)(O)O)O5)c5ncnc(N)c45)ccc3C(=O)[O-])c3ccc(=[N+](C)C)cc-3oc2c1. The zero-order chi connectivity index (χ0) is 47.9. The van der Waals surface area contributed by atoms with Gasteiger partial charge < -0.3 is 69.6 Å². The lowest BCUT2D eigenvalue weighted by molar-refractivity contribution is -0.254. The molecule has 0 spiro atoms. The Kier molecular flexibility index (Phi) is 13.9. The third-order valence-corrected chi connectivity index (χ3v) is 14.1. The number of rotatable bonds is 13. The number of benzene rings is 3. The maximum Gasteiger partial charge on any atom is 0.490 e. The molecular formula is C39H41N8O15P3S. The molecular weight excluding hydrogens is 945 g/mol. The molecule has 7 rings (SSSR count). The Morgan fingerprint density at radius 2 is 1.80 bits per heavy atom. The summed E-state index contributed by atoms with van der Waals surface area (Å²) in [5.74, 6) is 5.17. The van der Waals surface area contributed by atoms with Crippen LogP contribution < -0.4 is 36.3 Å². The van der Waals surface area contributed by atoms with E-state index in [9.17, 15) is 38.5 Å². The number of ether oxygens (including phenoxy) is 1. The van der Waals surface area contributed by atoms with Gasteiger partial charge in [0.15, 0.2) is 5.11 Å². The second-order valence-corrected chi connectivity index (χ2v) is 19.8. The molecule has 0 saturated carbocycles.